The van der Waals surface area contributed by atoms with E-state index in [-0.39, 0.29) is 29.4 Å². The van der Waals surface area contributed by atoms with Crippen LogP contribution in [-0.2, 0) is 15.5 Å². The number of carbonyl (C=O) groups is 1. The van der Waals surface area contributed by atoms with E-state index in [2.05, 4.69) is 10.6 Å². The van der Waals surface area contributed by atoms with Crippen LogP contribution < -0.4 is 10.6 Å². The van der Waals surface area contributed by atoms with Crippen molar-refractivity contribution in [2.75, 3.05) is 33.4 Å². The molecule has 1 aliphatic heterocycles. The van der Waals surface area contributed by atoms with Gasteiger partial charge in [-0.2, -0.15) is 8.78 Å². The SMILES string of the molecule is COCC1(CNC(=O)C(F)(F)c2cccc(Cl)c2)CCNCC1.Cl. The molecule has 0 unspecified atom stereocenters. The molecule has 0 spiro atoms. The lowest BCUT2D eigenvalue weighted by Gasteiger charge is -2.37. The van der Waals surface area contributed by atoms with Crippen LogP contribution >= 0.6 is 24.0 Å². The maximum absolute atomic E-state index is 14.3. The molecule has 0 aromatic heterocycles. The minimum atomic E-state index is -3.62. The average molecular weight is 383 g/mol. The monoisotopic (exact) mass is 382 g/mol. The second kappa shape index (κ2) is 8.94. The highest BCUT2D eigenvalue weighted by molar-refractivity contribution is 6.30. The fraction of sp³-hybridized carbons (Fsp3) is 0.562. The third kappa shape index (κ3) is 5.02. The average Bonchev–Trinajstić information content (AvgIpc) is 2.54. The molecule has 0 radical (unpaired) electrons. The Morgan fingerprint density at radius 3 is 2.67 bits per heavy atom. The minimum Gasteiger partial charge on any atom is -0.384 e. The second-order valence-electron chi connectivity index (χ2n) is 5.95. The lowest BCUT2D eigenvalue weighted by Crippen LogP contribution is -2.49. The van der Waals surface area contributed by atoms with Crippen LogP contribution in [0.2, 0.25) is 5.02 Å². The molecule has 1 aromatic rings. The Balaban J connectivity index is 0.00000288. The first-order valence-corrected chi connectivity index (χ1v) is 7.89. The van der Waals surface area contributed by atoms with Crippen molar-refractivity contribution in [1.29, 1.82) is 0 Å². The van der Waals surface area contributed by atoms with Gasteiger partial charge in [-0.3, -0.25) is 4.79 Å². The molecule has 1 aromatic carbocycles. The van der Waals surface area contributed by atoms with Crippen molar-refractivity contribution in [2.24, 2.45) is 5.41 Å². The van der Waals surface area contributed by atoms with Gasteiger partial charge >= 0.3 is 5.92 Å². The molecule has 24 heavy (non-hydrogen) atoms. The fourth-order valence-corrected chi connectivity index (χ4v) is 3.02. The molecule has 1 fully saturated rings. The Bertz CT molecular complexity index is 547. The zero-order chi connectivity index (χ0) is 16.9. The largest absolute Gasteiger partial charge is 0.384 e. The summed E-state index contributed by atoms with van der Waals surface area (Å²) >= 11 is 5.73. The molecule has 1 aliphatic rings. The fourth-order valence-electron chi connectivity index (χ4n) is 2.83. The van der Waals surface area contributed by atoms with E-state index in [9.17, 15) is 13.6 Å². The number of rotatable bonds is 6. The van der Waals surface area contributed by atoms with Gasteiger partial charge in [-0.25, -0.2) is 0 Å². The molecule has 2 N–H and O–H groups in total. The number of benzene rings is 1. The number of hydrogen-bond donors (Lipinski definition) is 2. The number of hydrogen-bond acceptors (Lipinski definition) is 3. The summed E-state index contributed by atoms with van der Waals surface area (Å²) < 4.78 is 33.8. The Morgan fingerprint density at radius 2 is 2.08 bits per heavy atom. The summed E-state index contributed by atoms with van der Waals surface area (Å²) in [5.41, 5.74) is -0.714. The molecule has 1 saturated heterocycles. The molecule has 4 nitrogen and oxygen atoms in total. The summed E-state index contributed by atoms with van der Waals surface area (Å²) in [6.45, 7) is 2.16. The van der Waals surface area contributed by atoms with Crippen molar-refractivity contribution >= 4 is 29.9 Å². The van der Waals surface area contributed by atoms with Crippen molar-refractivity contribution < 1.29 is 18.3 Å². The van der Waals surface area contributed by atoms with Crippen molar-refractivity contribution in [1.82, 2.24) is 10.6 Å². The molecule has 1 amide bonds. The normalized spacial score (nSPS) is 17.0. The van der Waals surface area contributed by atoms with Crippen molar-refractivity contribution in [3.05, 3.63) is 34.9 Å². The molecular weight excluding hydrogens is 361 g/mol. The van der Waals surface area contributed by atoms with Gasteiger partial charge in [0, 0.05) is 29.7 Å². The van der Waals surface area contributed by atoms with Crippen molar-refractivity contribution in [2.45, 2.75) is 18.8 Å². The minimum absolute atomic E-state index is 0. The van der Waals surface area contributed by atoms with Crippen LogP contribution in [0.15, 0.2) is 24.3 Å². The van der Waals surface area contributed by atoms with Gasteiger partial charge in [0.25, 0.3) is 5.91 Å². The van der Waals surface area contributed by atoms with Gasteiger partial charge in [0.2, 0.25) is 0 Å². The number of alkyl halides is 2. The van der Waals surface area contributed by atoms with Gasteiger partial charge in [-0.1, -0.05) is 23.7 Å². The van der Waals surface area contributed by atoms with Gasteiger partial charge in [-0.15, -0.1) is 12.4 Å². The highest BCUT2D eigenvalue weighted by Gasteiger charge is 2.42. The molecule has 0 atom stereocenters. The van der Waals surface area contributed by atoms with Gasteiger partial charge in [0.15, 0.2) is 0 Å². The first-order chi connectivity index (χ1) is 10.9. The van der Waals surface area contributed by atoms with Crippen LogP contribution in [0.5, 0.6) is 0 Å². The number of piperidine rings is 1. The predicted octanol–water partition coefficient (Wildman–Crippen LogP) is 2.99. The zero-order valence-corrected chi connectivity index (χ0v) is 15.0. The van der Waals surface area contributed by atoms with E-state index in [0.717, 1.165) is 32.0 Å². The molecule has 0 saturated carbocycles. The van der Waals surface area contributed by atoms with Crippen LogP contribution in [-0.4, -0.2) is 39.3 Å². The number of carbonyl (C=O) groups excluding carboxylic acids is 1. The van der Waals surface area contributed by atoms with E-state index >= 15 is 0 Å². The molecule has 1 heterocycles. The van der Waals surface area contributed by atoms with E-state index < -0.39 is 17.4 Å². The number of halogens is 4. The number of methoxy groups -OCH3 is 1. The van der Waals surface area contributed by atoms with Crippen LogP contribution in [0, 0.1) is 5.41 Å². The molecule has 0 aliphatic carbocycles. The number of amides is 1. The summed E-state index contributed by atoms with van der Waals surface area (Å²) in [5.74, 6) is -4.93. The Hall–Kier alpha value is -0.950. The van der Waals surface area contributed by atoms with E-state index in [4.69, 9.17) is 16.3 Å². The van der Waals surface area contributed by atoms with Gasteiger partial charge in [0.05, 0.1) is 6.61 Å². The summed E-state index contributed by atoms with van der Waals surface area (Å²) in [7, 11) is 1.58. The third-order valence-corrected chi connectivity index (χ3v) is 4.45. The molecule has 0 bridgehead atoms. The standard InChI is InChI=1S/C16H21ClF2N2O2.ClH/c1-23-11-15(5-7-20-8-6-15)10-21-14(22)16(18,19)12-3-2-4-13(17)9-12;/h2-4,9,20H,5-8,10-11H2,1H3,(H,21,22);1H. The van der Waals surface area contributed by atoms with Crippen molar-refractivity contribution in [3.8, 4) is 0 Å². The maximum Gasteiger partial charge on any atom is 0.349 e. The Labute approximate surface area is 151 Å². The summed E-state index contributed by atoms with van der Waals surface area (Å²) in [6, 6.07) is 5.19. The first-order valence-electron chi connectivity index (χ1n) is 7.51. The van der Waals surface area contributed by atoms with Crippen LogP contribution in [0.3, 0.4) is 0 Å². The Kier molecular flexibility index (Phi) is 7.86. The predicted molar refractivity (Wildman–Crippen MR) is 92.0 cm³/mol. The van der Waals surface area contributed by atoms with Gasteiger partial charge in [0.1, 0.15) is 0 Å². The molecule has 136 valence electrons. The van der Waals surface area contributed by atoms with Gasteiger partial charge < -0.3 is 15.4 Å². The molecule has 8 heteroatoms. The second-order valence-corrected chi connectivity index (χ2v) is 6.39. The third-order valence-electron chi connectivity index (χ3n) is 4.21. The highest BCUT2D eigenvalue weighted by atomic mass is 35.5. The number of nitrogens with one attached hydrogen (secondary N) is 2. The molecular formula is C16H22Cl2F2N2O2. The maximum atomic E-state index is 14.3. The van der Waals surface area contributed by atoms with E-state index in [0.29, 0.717) is 6.61 Å². The van der Waals surface area contributed by atoms with Crippen LogP contribution in [0.1, 0.15) is 18.4 Å². The van der Waals surface area contributed by atoms with E-state index in [1.807, 2.05) is 0 Å². The summed E-state index contributed by atoms with van der Waals surface area (Å²) in [4.78, 5) is 12.0. The lowest BCUT2D eigenvalue weighted by molar-refractivity contribution is -0.147. The Morgan fingerprint density at radius 1 is 1.42 bits per heavy atom. The molecule has 2 rings (SSSR count). The van der Waals surface area contributed by atoms with Crippen LogP contribution in [0.4, 0.5) is 8.78 Å². The summed E-state index contributed by atoms with van der Waals surface area (Å²) in [6.07, 6.45) is 1.54. The highest BCUT2D eigenvalue weighted by Crippen LogP contribution is 2.32. The van der Waals surface area contributed by atoms with E-state index in [1.54, 1.807) is 7.11 Å². The first kappa shape index (κ1) is 21.1. The van der Waals surface area contributed by atoms with Gasteiger partial charge in [-0.05, 0) is 38.1 Å². The smallest absolute Gasteiger partial charge is 0.349 e. The topological polar surface area (TPSA) is 50.4 Å². The van der Waals surface area contributed by atoms with Crippen LogP contribution in [0.25, 0.3) is 0 Å². The van der Waals surface area contributed by atoms with Crippen molar-refractivity contribution in [3.63, 3.8) is 0 Å². The van der Waals surface area contributed by atoms with E-state index in [1.165, 1.54) is 18.2 Å². The number of ether oxygens (including phenoxy) is 1. The zero-order valence-electron chi connectivity index (χ0n) is 13.4. The summed E-state index contributed by atoms with van der Waals surface area (Å²) in [5, 5.41) is 5.78. The quantitative estimate of drug-likeness (QED) is 0.794. The lowest BCUT2D eigenvalue weighted by atomic mass is 9.79.